The van der Waals surface area contributed by atoms with Crippen molar-refractivity contribution in [1.82, 2.24) is 9.88 Å². The van der Waals surface area contributed by atoms with Gasteiger partial charge in [0.05, 0.1) is 18.4 Å². The number of nitrogens with zero attached hydrogens (tertiary/aromatic N) is 2. The number of benzene rings is 1. The number of esters is 1. The van der Waals surface area contributed by atoms with Gasteiger partial charge in [0.15, 0.2) is 0 Å². The Morgan fingerprint density at radius 1 is 1.38 bits per heavy atom. The van der Waals surface area contributed by atoms with Gasteiger partial charge in [-0.15, -0.1) is 11.8 Å². The van der Waals surface area contributed by atoms with Crippen LogP contribution in [0.1, 0.15) is 22.3 Å². The molecule has 126 valence electrons. The van der Waals surface area contributed by atoms with E-state index in [1.54, 1.807) is 18.0 Å². The molecule has 0 unspecified atom stereocenters. The van der Waals surface area contributed by atoms with E-state index in [9.17, 15) is 9.59 Å². The van der Waals surface area contributed by atoms with Crippen LogP contribution in [0.2, 0.25) is 0 Å². The van der Waals surface area contributed by atoms with Crippen molar-refractivity contribution in [3.05, 3.63) is 41.6 Å². The zero-order chi connectivity index (χ0) is 17.1. The Hall–Kier alpha value is -2.08. The number of ether oxygens (including phenoxy) is 1. The van der Waals surface area contributed by atoms with Crippen molar-refractivity contribution in [2.75, 3.05) is 26.0 Å². The van der Waals surface area contributed by atoms with Gasteiger partial charge in [0, 0.05) is 35.5 Å². The first-order valence-electron chi connectivity index (χ1n) is 7.91. The lowest BCUT2D eigenvalue weighted by atomic mass is 10.1. The van der Waals surface area contributed by atoms with E-state index in [4.69, 9.17) is 0 Å². The average molecular weight is 344 g/mol. The molecule has 0 radical (unpaired) electrons. The monoisotopic (exact) mass is 344 g/mol. The molecule has 1 aliphatic rings. The molecule has 1 aliphatic heterocycles. The quantitative estimate of drug-likeness (QED) is 0.798. The third-order valence-electron chi connectivity index (χ3n) is 4.30. The first-order chi connectivity index (χ1) is 11.6. The van der Waals surface area contributed by atoms with E-state index >= 15 is 0 Å². The number of hydrogen-bond donors (Lipinski definition) is 0. The number of likely N-dealkylation sites (tertiary alicyclic amines) is 1. The number of hydrogen-bond acceptors (Lipinski definition) is 5. The van der Waals surface area contributed by atoms with Gasteiger partial charge in [-0.3, -0.25) is 14.6 Å². The number of carbonyl (C=O) groups is 2. The van der Waals surface area contributed by atoms with E-state index in [-0.39, 0.29) is 17.1 Å². The molecule has 1 aromatic carbocycles. The van der Waals surface area contributed by atoms with E-state index in [1.807, 2.05) is 36.1 Å². The van der Waals surface area contributed by atoms with E-state index < -0.39 is 0 Å². The average Bonchev–Trinajstić information content (AvgIpc) is 3.08. The maximum absolute atomic E-state index is 12.7. The normalized spacial score (nSPS) is 17.2. The van der Waals surface area contributed by atoms with E-state index in [1.165, 1.54) is 7.11 Å². The second kappa shape index (κ2) is 7.21. The van der Waals surface area contributed by atoms with E-state index in [0.717, 1.165) is 29.4 Å². The molecule has 0 N–H and O–H groups in total. The maximum atomic E-state index is 12.7. The topological polar surface area (TPSA) is 59.5 Å². The van der Waals surface area contributed by atoms with Crippen molar-refractivity contribution in [3.8, 4) is 0 Å². The number of pyridine rings is 1. The molecule has 1 atom stereocenters. The molecule has 5 nitrogen and oxygen atoms in total. The number of methoxy groups -OCH3 is 1. The van der Waals surface area contributed by atoms with Crippen LogP contribution in [0.15, 0.2) is 30.5 Å². The number of aryl methyl sites for hydroxylation is 1. The van der Waals surface area contributed by atoms with Gasteiger partial charge in [0.25, 0.3) is 5.91 Å². The maximum Gasteiger partial charge on any atom is 0.315 e. The summed E-state index contributed by atoms with van der Waals surface area (Å²) in [5.74, 6) is 0.160. The second-order valence-electron chi connectivity index (χ2n) is 5.91. The highest BCUT2D eigenvalue weighted by molar-refractivity contribution is 8.00. The first-order valence-corrected chi connectivity index (χ1v) is 8.96. The highest BCUT2D eigenvalue weighted by atomic mass is 32.2. The number of fused-ring (bicyclic) bond motifs is 1. The van der Waals surface area contributed by atoms with Gasteiger partial charge in [-0.1, -0.05) is 0 Å². The minimum absolute atomic E-state index is 0.0429. The Labute approximate surface area is 145 Å². The summed E-state index contributed by atoms with van der Waals surface area (Å²) in [6.07, 6.45) is 2.68. The van der Waals surface area contributed by atoms with Crippen LogP contribution in [0.3, 0.4) is 0 Å². The molecule has 24 heavy (non-hydrogen) atoms. The lowest BCUT2D eigenvalue weighted by Crippen LogP contribution is -2.29. The summed E-state index contributed by atoms with van der Waals surface area (Å²) in [6, 6.07) is 7.61. The minimum Gasteiger partial charge on any atom is -0.468 e. The molecular formula is C18H20N2O3S. The van der Waals surface area contributed by atoms with Gasteiger partial charge in [-0.2, -0.15) is 0 Å². The smallest absolute Gasteiger partial charge is 0.315 e. The molecule has 2 heterocycles. The van der Waals surface area contributed by atoms with Gasteiger partial charge in [-0.25, -0.2) is 0 Å². The summed E-state index contributed by atoms with van der Waals surface area (Å²) in [4.78, 5) is 30.2. The molecule has 0 aliphatic carbocycles. The second-order valence-corrected chi connectivity index (χ2v) is 7.20. The van der Waals surface area contributed by atoms with Crippen LogP contribution in [0.5, 0.6) is 0 Å². The molecular weight excluding hydrogens is 324 g/mol. The van der Waals surface area contributed by atoms with Gasteiger partial charge in [0.2, 0.25) is 0 Å². The number of aromatic nitrogens is 1. The van der Waals surface area contributed by atoms with Crippen molar-refractivity contribution in [3.63, 3.8) is 0 Å². The van der Waals surface area contributed by atoms with Crippen LogP contribution in [0, 0.1) is 6.92 Å². The van der Waals surface area contributed by atoms with Crippen LogP contribution in [-0.2, 0) is 9.53 Å². The molecule has 1 saturated heterocycles. The lowest BCUT2D eigenvalue weighted by molar-refractivity contribution is -0.137. The number of thioether (sulfide) groups is 1. The predicted octanol–water partition coefficient (Wildman–Crippen LogP) is 2.66. The molecule has 0 bridgehead atoms. The Bertz CT molecular complexity index is 778. The summed E-state index contributed by atoms with van der Waals surface area (Å²) >= 11 is 1.56. The molecule has 1 amide bonds. The van der Waals surface area contributed by atoms with Gasteiger partial charge >= 0.3 is 5.97 Å². The highest BCUT2D eigenvalue weighted by Gasteiger charge is 2.28. The van der Waals surface area contributed by atoms with Gasteiger partial charge in [0.1, 0.15) is 0 Å². The molecule has 1 aromatic heterocycles. The van der Waals surface area contributed by atoms with Crippen molar-refractivity contribution < 1.29 is 14.3 Å². The van der Waals surface area contributed by atoms with E-state index in [0.29, 0.717) is 17.9 Å². The van der Waals surface area contributed by atoms with Crippen LogP contribution >= 0.6 is 11.8 Å². The fourth-order valence-electron chi connectivity index (χ4n) is 2.89. The number of rotatable bonds is 4. The van der Waals surface area contributed by atoms with Crippen LogP contribution in [0.25, 0.3) is 10.9 Å². The van der Waals surface area contributed by atoms with Crippen molar-refractivity contribution >= 4 is 34.5 Å². The zero-order valence-electron chi connectivity index (χ0n) is 13.8. The SMILES string of the molecule is COC(=O)CS[C@H]1CCN(C(=O)c2ccc3nccc(C)c3c2)C1. The Balaban J connectivity index is 1.69. The van der Waals surface area contributed by atoms with Crippen molar-refractivity contribution in [2.45, 2.75) is 18.6 Å². The standard InChI is InChI=1S/C18H20N2O3S/c1-12-5-7-19-16-4-3-13(9-15(12)16)18(22)20-8-6-14(10-20)24-11-17(21)23-2/h3-5,7,9,14H,6,8,10-11H2,1-2H3/t14-/m0/s1. The highest BCUT2D eigenvalue weighted by Crippen LogP contribution is 2.25. The summed E-state index contributed by atoms with van der Waals surface area (Å²) in [6.45, 7) is 3.42. The summed E-state index contributed by atoms with van der Waals surface area (Å²) in [5, 5.41) is 1.30. The Kier molecular flexibility index (Phi) is 5.04. The summed E-state index contributed by atoms with van der Waals surface area (Å²) < 4.78 is 4.66. The van der Waals surface area contributed by atoms with Crippen LogP contribution in [0.4, 0.5) is 0 Å². The minimum atomic E-state index is -0.220. The fraction of sp³-hybridized carbons (Fsp3) is 0.389. The zero-order valence-corrected chi connectivity index (χ0v) is 14.6. The number of carbonyl (C=O) groups excluding carboxylic acids is 2. The fourth-order valence-corrected chi connectivity index (χ4v) is 3.94. The largest absolute Gasteiger partial charge is 0.468 e. The molecule has 3 rings (SSSR count). The third kappa shape index (κ3) is 3.53. The Morgan fingerprint density at radius 3 is 3.00 bits per heavy atom. The Morgan fingerprint density at radius 2 is 2.21 bits per heavy atom. The molecule has 2 aromatic rings. The van der Waals surface area contributed by atoms with Crippen LogP contribution in [-0.4, -0.2) is 53.0 Å². The van der Waals surface area contributed by atoms with Crippen molar-refractivity contribution in [1.29, 1.82) is 0 Å². The van der Waals surface area contributed by atoms with Gasteiger partial charge in [-0.05, 0) is 43.2 Å². The van der Waals surface area contributed by atoms with E-state index in [2.05, 4.69) is 9.72 Å². The number of amides is 1. The molecule has 0 saturated carbocycles. The first kappa shape index (κ1) is 16.8. The van der Waals surface area contributed by atoms with Gasteiger partial charge < -0.3 is 9.64 Å². The lowest BCUT2D eigenvalue weighted by Gasteiger charge is -2.17. The molecule has 0 spiro atoms. The van der Waals surface area contributed by atoms with Crippen molar-refractivity contribution in [2.24, 2.45) is 0 Å². The summed E-state index contributed by atoms with van der Waals surface area (Å²) in [5.41, 5.74) is 2.71. The molecule has 6 heteroatoms. The third-order valence-corrected chi connectivity index (χ3v) is 5.56. The molecule has 1 fully saturated rings. The van der Waals surface area contributed by atoms with Crippen LogP contribution < -0.4 is 0 Å². The summed E-state index contributed by atoms with van der Waals surface area (Å²) in [7, 11) is 1.39. The predicted molar refractivity (Wildman–Crippen MR) is 95.3 cm³/mol.